The van der Waals surface area contributed by atoms with Gasteiger partial charge in [-0.3, -0.25) is 4.68 Å². The molecule has 4 heteroatoms. The van der Waals surface area contributed by atoms with Gasteiger partial charge in [0.2, 0.25) is 0 Å². The molecule has 1 atom stereocenters. The Morgan fingerprint density at radius 1 is 1.62 bits per heavy atom. The van der Waals surface area contributed by atoms with E-state index in [1.165, 1.54) is 0 Å². The van der Waals surface area contributed by atoms with Crippen molar-refractivity contribution in [2.24, 2.45) is 5.41 Å². The zero-order valence-corrected chi connectivity index (χ0v) is 9.56. The predicted molar refractivity (Wildman–Crippen MR) is 59.4 cm³/mol. The third-order valence-electron chi connectivity index (χ3n) is 3.53. The van der Waals surface area contributed by atoms with E-state index in [-0.39, 0.29) is 0 Å². The van der Waals surface area contributed by atoms with Crippen LogP contribution in [0.25, 0.3) is 0 Å². The molecule has 1 aromatic heterocycles. The fourth-order valence-corrected chi connectivity index (χ4v) is 2.47. The van der Waals surface area contributed by atoms with E-state index >= 15 is 0 Å². The minimum Gasteiger partial charge on any atom is -0.387 e. The van der Waals surface area contributed by atoms with E-state index in [0.29, 0.717) is 0 Å². The van der Waals surface area contributed by atoms with Gasteiger partial charge < -0.3 is 5.11 Å². The Balaban J connectivity index is 2.23. The van der Waals surface area contributed by atoms with E-state index in [1.54, 1.807) is 10.9 Å². The van der Waals surface area contributed by atoms with Crippen LogP contribution in [0.3, 0.4) is 0 Å². The van der Waals surface area contributed by atoms with Crippen LogP contribution < -0.4 is 0 Å². The van der Waals surface area contributed by atoms with Crippen molar-refractivity contribution in [1.82, 2.24) is 9.78 Å². The van der Waals surface area contributed by atoms with Gasteiger partial charge in [0.05, 0.1) is 17.7 Å². The molecule has 1 heterocycles. The highest BCUT2D eigenvalue weighted by Gasteiger charge is 2.42. The maximum atomic E-state index is 10.3. The number of aryl methyl sites for hydroxylation is 1. The molecule has 0 spiro atoms. The molecule has 1 unspecified atom stereocenters. The van der Waals surface area contributed by atoms with Gasteiger partial charge in [0.15, 0.2) is 0 Å². The first kappa shape index (κ1) is 11.2. The fraction of sp³-hybridized carbons (Fsp3) is 0.667. The van der Waals surface area contributed by atoms with Crippen LogP contribution in [0.4, 0.5) is 0 Å². The normalized spacial score (nSPS) is 20.6. The van der Waals surface area contributed by atoms with Crippen LogP contribution in [0, 0.1) is 16.7 Å². The lowest BCUT2D eigenvalue weighted by molar-refractivity contribution is 0.0670. The van der Waals surface area contributed by atoms with Crippen LogP contribution in [-0.2, 0) is 6.54 Å². The maximum absolute atomic E-state index is 10.3. The van der Waals surface area contributed by atoms with Crippen LogP contribution in [-0.4, -0.2) is 14.9 Å². The molecule has 2 rings (SSSR count). The lowest BCUT2D eigenvalue weighted by Crippen LogP contribution is -2.23. The van der Waals surface area contributed by atoms with Gasteiger partial charge in [-0.2, -0.15) is 10.4 Å². The molecule has 0 bridgehead atoms. The van der Waals surface area contributed by atoms with Crippen LogP contribution in [0.5, 0.6) is 0 Å². The lowest BCUT2D eigenvalue weighted by atomic mass is 9.79. The molecule has 1 aliphatic carbocycles. The number of rotatable bonds is 3. The van der Waals surface area contributed by atoms with Crippen molar-refractivity contribution in [2.75, 3.05) is 0 Å². The SMILES string of the molecule is CCn1cc(C(O)C2(C#N)CCCC2)cn1. The standard InChI is InChI=1S/C12H17N3O/c1-2-15-8-10(7-14-15)11(16)12(9-13)5-3-4-6-12/h7-8,11,16H,2-6H2,1H3. The summed E-state index contributed by atoms with van der Waals surface area (Å²) < 4.78 is 1.78. The number of hydrogen-bond acceptors (Lipinski definition) is 3. The number of nitriles is 1. The molecule has 1 N–H and O–H groups in total. The minimum atomic E-state index is -0.694. The summed E-state index contributed by atoms with van der Waals surface area (Å²) in [6, 6.07) is 2.32. The quantitative estimate of drug-likeness (QED) is 0.846. The molecule has 16 heavy (non-hydrogen) atoms. The van der Waals surface area contributed by atoms with Gasteiger partial charge in [0.1, 0.15) is 6.10 Å². The highest BCUT2D eigenvalue weighted by Crippen LogP contribution is 2.46. The number of aliphatic hydroxyl groups is 1. The third-order valence-corrected chi connectivity index (χ3v) is 3.53. The van der Waals surface area contributed by atoms with E-state index in [9.17, 15) is 10.4 Å². The van der Waals surface area contributed by atoms with Gasteiger partial charge in [-0.25, -0.2) is 0 Å². The first-order chi connectivity index (χ1) is 7.72. The summed E-state index contributed by atoms with van der Waals surface area (Å²) in [6.45, 7) is 2.78. The number of hydrogen-bond donors (Lipinski definition) is 1. The van der Waals surface area contributed by atoms with Gasteiger partial charge >= 0.3 is 0 Å². The smallest absolute Gasteiger partial charge is 0.101 e. The second-order valence-corrected chi connectivity index (χ2v) is 4.51. The molecule has 0 aromatic carbocycles. The molecule has 0 radical (unpaired) electrons. The molecule has 4 nitrogen and oxygen atoms in total. The van der Waals surface area contributed by atoms with E-state index in [0.717, 1.165) is 37.8 Å². The maximum Gasteiger partial charge on any atom is 0.101 e. The lowest BCUT2D eigenvalue weighted by Gasteiger charge is -2.25. The van der Waals surface area contributed by atoms with Crippen molar-refractivity contribution in [3.8, 4) is 6.07 Å². The molecule has 86 valence electrons. The molecule has 0 aliphatic heterocycles. The van der Waals surface area contributed by atoms with Crippen molar-refractivity contribution in [2.45, 2.75) is 45.3 Å². The van der Waals surface area contributed by atoms with Crippen LogP contribution in [0.1, 0.15) is 44.3 Å². The fourth-order valence-electron chi connectivity index (χ4n) is 2.47. The molecule has 1 aliphatic rings. The van der Waals surface area contributed by atoms with Crippen molar-refractivity contribution >= 4 is 0 Å². The van der Waals surface area contributed by atoms with Gasteiger partial charge in [-0.05, 0) is 19.8 Å². The molecule has 1 fully saturated rings. The monoisotopic (exact) mass is 219 g/mol. The largest absolute Gasteiger partial charge is 0.387 e. The summed E-state index contributed by atoms with van der Waals surface area (Å²) in [5.74, 6) is 0. The molecular weight excluding hydrogens is 202 g/mol. The average molecular weight is 219 g/mol. The highest BCUT2D eigenvalue weighted by atomic mass is 16.3. The Kier molecular flexibility index (Phi) is 2.97. The van der Waals surface area contributed by atoms with Gasteiger partial charge in [0, 0.05) is 18.3 Å². The summed E-state index contributed by atoms with van der Waals surface area (Å²) in [7, 11) is 0. The number of aliphatic hydroxyl groups excluding tert-OH is 1. The molecule has 0 amide bonds. The van der Waals surface area contributed by atoms with Crippen LogP contribution in [0.2, 0.25) is 0 Å². The Bertz CT molecular complexity index is 399. The van der Waals surface area contributed by atoms with Crippen molar-refractivity contribution in [3.63, 3.8) is 0 Å². The van der Waals surface area contributed by atoms with E-state index in [4.69, 9.17) is 0 Å². The van der Waals surface area contributed by atoms with E-state index in [2.05, 4.69) is 11.2 Å². The molecule has 1 aromatic rings. The molecule has 0 saturated heterocycles. The summed E-state index contributed by atoms with van der Waals surface area (Å²) in [5.41, 5.74) is 0.187. The Morgan fingerprint density at radius 2 is 2.31 bits per heavy atom. The average Bonchev–Trinajstić information content (AvgIpc) is 2.98. The Labute approximate surface area is 95.5 Å². The zero-order chi connectivity index (χ0) is 11.6. The topological polar surface area (TPSA) is 61.8 Å². The van der Waals surface area contributed by atoms with Crippen molar-refractivity contribution in [1.29, 1.82) is 5.26 Å². The third kappa shape index (κ3) is 1.72. The van der Waals surface area contributed by atoms with E-state index < -0.39 is 11.5 Å². The Hall–Kier alpha value is -1.34. The second kappa shape index (κ2) is 4.26. The van der Waals surface area contributed by atoms with Gasteiger partial charge in [0.25, 0.3) is 0 Å². The van der Waals surface area contributed by atoms with Gasteiger partial charge in [-0.15, -0.1) is 0 Å². The molecular formula is C12H17N3O. The van der Waals surface area contributed by atoms with E-state index in [1.807, 2.05) is 13.1 Å². The number of aromatic nitrogens is 2. The molecule has 1 saturated carbocycles. The first-order valence-electron chi connectivity index (χ1n) is 5.83. The first-order valence-corrected chi connectivity index (χ1v) is 5.83. The van der Waals surface area contributed by atoms with Crippen LogP contribution >= 0.6 is 0 Å². The second-order valence-electron chi connectivity index (χ2n) is 4.51. The van der Waals surface area contributed by atoms with Crippen LogP contribution in [0.15, 0.2) is 12.4 Å². The van der Waals surface area contributed by atoms with Gasteiger partial charge in [-0.1, -0.05) is 12.8 Å². The summed E-state index contributed by atoms with van der Waals surface area (Å²) >= 11 is 0. The number of nitrogens with zero attached hydrogens (tertiary/aromatic N) is 3. The highest BCUT2D eigenvalue weighted by molar-refractivity contribution is 5.18. The Morgan fingerprint density at radius 3 is 2.81 bits per heavy atom. The van der Waals surface area contributed by atoms with Crippen molar-refractivity contribution < 1.29 is 5.11 Å². The summed E-state index contributed by atoms with van der Waals surface area (Å²) in [4.78, 5) is 0. The van der Waals surface area contributed by atoms with Crippen molar-refractivity contribution in [3.05, 3.63) is 18.0 Å². The minimum absolute atomic E-state index is 0.582. The zero-order valence-electron chi connectivity index (χ0n) is 9.56. The predicted octanol–water partition coefficient (Wildman–Crippen LogP) is 2.02. The summed E-state index contributed by atoms with van der Waals surface area (Å²) in [6.07, 6.45) is 6.47. The summed E-state index contributed by atoms with van der Waals surface area (Å²) in [5, 5.41) is 23.7.